The van der Waals surface area contributed by atoms with E-state index in [4.69, 9.17) is 11.2 Å². The normalized spacial score (nSPS) is 15.4. The average molecular weight is 405 g/mol. The van der Waals surface area contributed by atoms with Gasteiger partial charge in [-0.05, 0) is 29.5 Å². The summed E-state index contributed by atoms with van der Waals surface area (Å²) in [6.45, 7) is 1.78. The van der Waals surface area contributed by atoms with E-state index in [1.54, 1.807) is 25.1 Å². The van der Waals surface area contributed by atoms with Gasteiger partial charge in [-0.15, -0.1) is 22.6 Å². The SMILES string of the molecule is C#CCCOC(=O)Nc1cccc(C(O)N=C(c2ccccc2)C2(C)N=NN=N2)n1. The van der Waals surface area contributed by atoms with Crippen molar-refractivity contribution in [1.82, 2.24) is 4.98 Å². The van der Waals surface area contributed by atoms with Crippen LogP contribution in [-0.4, -0.2) is 34.2 Å². The van der Waals surface area contributed by atoms with Crippen LogP contribution in [0, 0.1) is 12.3 Å². The standard InChI is InChI=1S/C20H19N7O3/c1-3-4-13-30-19(29)22-16-12-8-11-15(21-16)18(28)23-17(14-9-6-5-7-10-14)20(2)24-26-27-25-20/h1,5-12,18,28H,4,13H2,2H3,(H,21,22,29). The van der Waals surface area contributed by atoms with Gasteiger partial charge in [-0.2, -0.15) is 0 Å². The number of pyridine rings is 1. The molecule has 2 N–H and O–H groups in total. The summed E-state index contributed by atoms with van der Waals surface area (Å²) in [5.74, 6) is 2.57. The number of aliphatic hydroxyl groups excluding tert-OH is 1. The average Bonchev–Trinajstić information content (AvgIpc) is 3.20. The number of nitrogens with zero attached hydrogens (tertiary/aromatic N) is 6. The monoisotopic (exact) mass is 405 g/mol. The Morgan fingerprint density at radius 2 is 1.97 bits per heavy atom. The lowest BCUT2D eigenvalue weighted by atomic mass is 9.99. The molecule has 1 aliphatic rings. The second-order valence-electron chi connectivity index (χ2n) is 6.28. The zero-order chi connectivity index (χ0) is 21.4. The Hall–Kier alpha value is -3.97. The Bertz CT molecular complexity index is 1020. The summed E-state index contributed by atoms with van der Waals surface area (Å²) in [4.78, 5) is 20.4. The van der Waals surface area contributed by atoms with Gasteiger partial charge in [0.15, 0.2) is 6.23 Å². The molecule has 1 aromatic heterocycles. The van der Waals surface area contributed by atoms with Gasteiger partial charge < -0.3 is 9.84 Å². The molecule has 2 aromatic rings. The number of terminal acetylenes is 1. The number of aliphatic imine (C=N–C) groups is 1. The maximum atomic E-state index is 11.8. The molecule has 1 aliphatic heterocycles. The summed E-state index contributed by atoms with van der Waals surface area (Å²) in [5.41, 5.74) is 0.110. The predicted octanol–water partition coefficient (Wildman–Crippen LogP) is 3.68. The topological polar surface area (TPSA) is 133 Å². The molecule has 0 aliphatic carbocycles. The van der Waals surface area contributed by atoms with Crippen molar-refractivity contribution in [2.75, 3.05) is 11.9 Å². The zero-order valence-electron chi connectivity index (χ0n) is 16.1. The minimum absolute atomic E-state index is 0.0943. The van der Waals surface area contributed by atoms with E-state index in [1.807, 2.05) is 30.3 Å². The Kier molecular flexibility index (Phi) is 6.56. The fourth-order valence-electron chi connectivity index (χ4n) is 2.59. The highest BCUT2D eigenvalue weighted by atomic mass is 16.5. The number of benzene rings is 1. The molecular weight excluding hydrogens is 386 g/mol. The minimum atomic E-state index is -1.35. The molecule has 0 fully saturated rings. The molecule has 30 heavy (non-hydrogen) atoms. The van der Waals surface area contributed by atoms with E-state index in [2.05, 4.69) is 41.9 Å². The first kappa shape index (κ1) is 20.8. The predicted molar refractivity (Wildman–Crippen MR) is 109 cm³/mol. The highest BCUT2D eigenvalue weighted by Gasteiger charge is 2.35. The molecule has 1 aromatic carbocycles. The van der Waals surface area contributed by atoms with Crippen molar-refractivity contribution in [1.29, 1.82) is 0 Å². The van der Waals surface area contributed by atoms with E-state index in [0.717, 1.165) is 0 Å². The third kappa shape index (κ3) is 5.09. The lowest BCUT2D eigenvalue weighted by Crippen LogP contribution is -2.31. The van der Waals surface area contributed by atoms with Gasteiger partial charge in [-0.3, -0.25) is 5.32 Å². The first-order valence-corrected chi connectivity index (χ1v) is 9.02. The van der Waals surface area contributed by atoms with Gasteiger partial charge in [0.2, 0.25) is 5.66 Å². The fraction of sp³-hybridized carbons (Fsp3) is 0.250. The van der Waals surface area contributed by atoms with Gasteiger partial charge in [-0.25, -0.2) is 14.8 Å². The van der Waals surface area contributed by atoms with E-state index >= 15 is 0 Å². The van der Waals surface area contributed by atoms with Crippen LogP contribution >= 0.6 is 0 Å². The number of rotatable bonds is 7. The van der Waals surface area contributed by atoms with Crippen molar-refractivity contribution in [3.05, 3.63) is 59.8 Å². The lowest BCUT2D eigenvalue weighted by molar-refractivity contribution is 0.164. The van der Waals surface area contributed by atoms with Gasteiger partial charge in [0.05, 0.1) is 11.4 Å². The van der Waals surface area contributed by atoms with Crippen LogP contribution in [0.2, 0.25) is 0 Å². The van der Waals surface area contributed by atoms with Crippen molar-refractivity contribution >= 4 is 17.6 Å². The van der Waals surface area contributed by atoms with E-state index in [1.165, 1.54) is 0 Å². The Balaban J connectivity index is 1.84. The number of nitrogens with one attached hydrogen (secondary N) is 1. The van der Waals surface area contributed by atoms with Gasteiger partial charge in [0.1, 0.15) is 12.4 Å². The number of aliphatic hydroxyl groups is 1. The molecule has 0 radical (unpaired) electrons. The van der Waals surface area contributed by atoms with Gasteiger partial charge >= 0.3 is 6.09 Å². The molecule has 152 valence electrons. The molecule has 0 saturated heterocycles. The summed E-state index contributed by atoms with van der Waals surface area (Å²) < 4.78 is 4.92. The maximum Gasteiger partial charge on any atom is 0.412 e. The summed E-state index contributed by atoms with van der Waals surface area (Å²) in [7, 11) is 0. The first-order chi connectivity index (χ1) is 14.5. The van der Waals surface area contributed by atoms with Crippen molar-refractivity contribution in [2.24, 2.45) is 25.7 Å². The van der Waals surface area contributed by atoms with Crippen LogP contribution in [-0.2, 0) is 4.74 Å². The van der Waals surface area contributed by atoms with E-state index in [9.17, 15) is 9.90 Å². The van der Waals surface area contributed by atoms with Gasteiger partial charge in [0.25, 0.3) is 0 Å². The molecule has 10 nitrogen and oxygen atoms in total. The molecule has 1 amide bonds. The molecular formula is C20H19N7O3. The number of carbonyl (C=O) groups excluding carboxylic acids is 1. The van der Waals surface area contributed by atoms with Crippen LogP contribution in [0.4, 0.5) is 10.6 Å². The van der Waals surface area contributed by atoms with E-state index in [0.29, 0.717) is 17.7 Å². The second-order valence-corrected chi connectivity index (χ2v) is 6.28. The first-order valence-electron chi connectivity index (χ1n) is 9.02. The Labute approximate surface area is 172 Å². The molecule has 0 saturated carbocycles. The van der Waals surface area contributed by atoms with E-state index < -0.39 is 18.0 Å². The molecule has 2 heterocycles. The molecule has 3 rings (SSSR count). The summed E-state index contributed by atoms with van der Waals surface area (Å²) >= 11 is 0. The van der Waals surface area contributed by atoms with Crippen LogP contribution < -0.4 is 5.32 Å². The lowest BCUT2D eigenvalue weighted by Gasteiger charge is -2.19. The highest BCUT2D eigenvalue weighted by molar-refractivity contribution is 6.07. The van der Waals surface area contributed by atoms with Crippen LogP contribution in [0.3, 0.4) is 0 Å². The highest BCUT2D eigenvalue weighted by Crippen LogP contribution is 2.28. The number of hydrogen-bond acceptors (Lipinski definition) is 9. The quantitative estimate of drug-likeness (QED) is 0.413. The maximum absolute atomic E-state index is 11.8. The Morgan fingerprint density at radius 3 is 2.67 bits per heavy atom. The number of amides is 1. The number of anilines is 1. The number of carbonyl (C=O) groups is 1. The number of hydrogen-bond donors (Lipinski definition) is 2. The van der Waals surface area contributed by atoms with Crippen LogP contribution in [0.1, 0.15) is 30.8 Å². The molecule has 0 bridgehead atoms. The zero-order valence-corrected chi connectivity index (χ0v) is 16.1. The molecule has 10 heteroatoms. The number of ether oxygens (including phenoxy) is 1. The second kappa shape index (κ2) is 9.49. The smallest absolute Gasteiger partial charge is 0.412 e. The minimum Gasteiger partial charge on any atom is -0.448 e. The van der Waals surface area contributed by atoms with Crippen LogP contribution in [0.25, 0.3) is 0 Å². The third-order valence-electron chi connectivity index (χ3n) is 4.01. The van der Waals surface area contributed by atoms with Crippen molar-refractivity contribution in [3.8, 4) is 12.3 Å². The number of aromatic nitrogens is 1. The van der Waals surface area contributed by atoms with Gasteiger partial charge in [-0.1, -0.05) is 36.4 Å². The fourth-order valence-corrected chi connectivity index (χ4v) is 2.59. The molecule has 1 unspecified atom stereocenters. The summed E-state index contributed by atoms with van der Waals surface area (Å²) in [5, 5.41) is 28.4. The summed E-state index contributed by atoms with van der Waals surface area (Å²) in [6.07, 6.45) is 3.38. The largest absolute Gasteiger partial charge is 0.448 e. The molecule has 0 spiro atoms. The van der Waals surface area contributed by atoms with Crippen molar-refractivity contribution in [2.45, 2.75) is 25.2 Å². The van der Waals surface area contributed by atoms with Crippen molar-refractivity contribution in [3.63, 3.8) is 0 Å². The van der Waals surface area contributed by atoms with Crippen molar-refractivity contribution < 1.29 is 14.6 Å². The van der Waals surface area contributed by atoms with E-state index in [-0.39, 0.29) is 18.1 Å². The Morgan fingerprint density at radius 1 is 1.23 bits per heavy atom. The van der Waals surface area contributed by atoms with Crippen LogP contribution in [0.15, 0.2) is 74.2 Å². The van der Waals surface area contributed by atoms with Crippen LogP contribution in [0.5, 0.6) is 0 Å². The third-order valence-corrected chi connectivity index (χ3v) is 4.01. The summed E-state index contributed by atoms with van der Waals surface area (Å²) in [6, 6.07) is 13.9. The molecule has 1 atom stereocenters. The van der Waals surface area contributed by atoms with Gasteiger partial charge in [0, 0.05) is 12.0 Å².